The van der Waals surface area contributed by atoms with Crippen molar-refractivity contribution in [1.82, 2.24) is 0 Å². The van der Waals surface area contributed by atoms with E-state index >= 15 is 0 Å². The van der Waals surface area contributed by atoms with Crippen LogP contribution in [0.3, 0.4) is 0 Å². The highest BCUT2D eigenvalue weighted by atomic mass is 32.2. The van der Waals surface area contributed by atoms with Crippen LogP contribution in [0.2, 0.25) is 0 Å². The smallest absolute Gasteiger partial charge is 0.320 e. The average molecular weight is 437 g/mol. The Kier molecular flexibility index (Phi) is 6.38. The van der Waals surface area contributed by atoms with Crippen molar-refractivity contribution in [2.24, 2.45) is 0 Å². The number of amides is 1. The largest absolute Gasteiger partial charge is 0.447 e. The van der Waals surface area contributed by atoms with Gasteiger partial charge >= 0.3 is 27.5 Å². The van der Waals surface area contributed by atoms with E-state index in [1.54, 1.807) is 5.32 Å². The Bertz CT molecular complexity index is 989. The molecule has 0 saturated heterocycles. The standard InChI is InChI=1S/C17H12F5NO5S/c18-16(19,20)12-8-6-11(7-9-12)14(24)10-28-29(26,27)17(21,22)15(25)23-13-4-2-1-3-5-13/h1-9H,10H2,(H,23,25). The molecular weight excluding hydrogens is 425 g/mol. The predicted molar refractivity (Wildman–Crippen MR) is 90.7 cm³/mol. The molecule has 0 atom stereocenters. The molecule has 6 nitrogen and oxygen atoms in total. The Labute approximate surface area is 161 Å². The third kappa shape index (κ3) is 5.35. The van der Waals surface area contributed by atoms with Crippen molar-refractivity contribution in [3.8, 4) is 0 Å². The highest BCUT2D eigenvalue weighted by molar-refractivity contribution is 7.88. The number of carbonyl (C=O) groups is 2. The summed E-state index contributed by atoms with van der Waals surface area (Å²) in [5.41, 5.74) is -1.56. The highest BCUT2D eigenvalue weighted by Crippen LogP contribution is 2.29. The molecule has 2 aromatic carbocycles. The fraction of sp³-hybridized carbons (Fsp3) is 0.176. The number of Topliss-reactive ketones (excluding diaryl/α,β-unsaturated/α-hetero) is 1. The molecule has 0 radical (unpaired) electrons. The van der Waals surface area contributed by atoms with E-state index in [-0.39, 0.29) is 5.69 Å². The molecule has 0 spiro atoms. The molecule has 0 heterocycles. The minimum atomic E-state index is -5.86. The molecule has 2 aromatic rings. The Morgan fingerprint density at radius 2 is 1.45 bits per heavy atom. The third-order valence-electron chi connectivity index (χ3n) is 3.49. The molecule has 1 amide bonds. The van der Waals surface area contributed by atoms with Crippen molar-refractivity contribution in [1.29, 1.82) is 0 Å². The Morgan fingerprint density at radius 1 is 0.897 bits per heavy atom. The van der Waals surface area contributed by atoms with Crippen molar-refractivity contribution in [2.75, 3.05) is 11.9 Å². The van der Waals surface area contributed by atoms with Crippen LogP contribution in [0.25, 0.3) is 0 Å². The number of anilines is 1. The number of halogens is 5. The summed E-state index contributed by atoms with van der Waals surface area (Å²) < 4.78 is 92.6. The molecule has 0 saturated carbocycles. The number of carbonyl (C=O) groups excluding carboxylic acids is 2. The maximum absolute atomic E-state index is 14.0. The number of para-hydroxylation sites is 1. The first-order valence-electron chi connectivity index (χ1n) is 7.68. The summed E-state index contributed by atoms with van der Waals surface area (Å²) in [4.78, 5) is 23.4. The Hall–Kier alpha value is -2.86. The average Bonchev–Trinajstić information content (AvgIpc) is 2.66. The van der Waals surface area contributed by atoms with Crippen LogP contribution in [0.1, 0.15) is 15.9 Å². The van der Waals surface area contributed by atoms with Crippen molar-refractivity contribution in [3.63, 3.8) is 0 Å². The Morgan fingerprint density at radius 3 is 1.97 bits per heavy atom. The molecule has 156 valence electrons. The normalized spacial score (nSPS) is 12.4. The Balaban J connectivity index is 2.05. The zero-order valence-electron chi connectivity index (χ0n) is 14.2. The van der Waals surface area contributed by atoms with Gasteiger partial charge in [-0.2, -0.15) is 30.4 Å². The lowest BCUT2D eigenvalue weighted by molar-refractivity contribution is -0.137. The van der Waals surface area contributed by atoms with Crippen LogP contribution in [-0.4, -0.2) is 32.0 Å². The predicted octanol–water partition coefficient (Wildman–Crippen LogP) is 3.47. The van der Waals surface area contributed by atoms with Gasteiger partial charge in [0, 0.05) is 11.3 Å². The van der Waals surface area contributed by atoms with E-state index in [0.29, 0.717) is 12.1 Å². The molecule has 1 N–H and O–H groups in total. The van der Waals surface area contributed by atoms with Crippen molar-refractivity contribution >= 4 is 27.5 Å². The third-order valence-corrected chi connectivity index (χ3v) is 4.73. The molecule has 0 bridgehead atoms. The molecule has 12 heteroatoms. The van der Waals surface area contributed by atoms with E-state index in [2.05, 4.69) is 4.18 Å². The van der Waals surface area contributed by atoms with E-state index in [0.717, 1.165) is 12.1 Å². The van der Waals surface area contributed by atoms with Gasteiger partial charge in [0.05, 0.1) is 5.56 Å². The van der Waals surface area contributed by atoms with Crippen LogP contribution >= 0.6 is 0 Å². The molecule has 0 aliphatic carbocycles. The quantitative estimate of drug-likeness (QED) is 0.407. The van der Waals surface area contributed by atoms with E-state index in [4.69, 9.17) is 0 Å². The molecule has 0 fully saturated rings. The van der Waals surface area contributed by atoms with Crippen LogP contribution < -0.4 is 5.32 Å². The monoisotopic (exact) mass is 437 g/mol. The first-order chi connectivity index (χ1) is 13.3. The molecule has 0 aliphatic rings. The molecule has 29 heavy (non-hydrogen) atoms. The van der Waals surface area contributed by atoms with Crippen LogP contribution in [0.5, 0.6) is 0 Å². The highest BCUT2D eigenvalue weighted by Gasteiger charge is 2.54. The molecule has 2 rings (SSSR count). The lowest BCUT2D eigenvalue weighted by Gasteiger charge is -2.16. The summed E-state index contributed by atoms with van der Waals surface area (Å²) in [6.45, 7) is -1.43. The minimum Gasteiger partial charge on any atom is -0.320 e. The molecule has 0 aromatic heterocycles. The number of nitrogens with one attached hydrogen (secondary N) is 1. The van der Waals surface area contributed by atoms with E-state index in [9.17, 15) is 40.0 Å². The lowest BCUT2D eigenvalue weighted by Crippen LogP contribution is -2.43. The van der Waals surface area contributed by atoms with Gasteiger partial charge in [0.1, 0.15) is 6.61 Å². The van der Waals surface area contributed by atoms with Crippen LogP contribution in [0.4, 0.5) is 27.6 Å². The number of benzene rings is 2. The second-order valence-corrected chi connectivity index (χ2v) is 7.21. The van der Waals surface area contributed by atoms with E-state index in [1.165, 1.54) is 30.3 Å². The number of ketones is 1. The van der Waals surface area contributed by atoms with Crippen LogP contribution in [-0.2, 0) is 25.3 Å². The number of hydrogen-bond donors (Lipinski definition) is 1. The fourth-order valence-electron chi connectivity index (χ4n) is 1.97. The van der Waals surface area contributed by atoms with Gasteiger partial charge in [-0.15, -0.1) is 0 Å². The van der Waals surface area contributed by atoms with Crippen molar-refractivity contribution in [2.45, 2.75) is 11.4 Å². The number of hydrogen-bond acceptors (Lipinski definition) is 5. The first-order valence-corrected chi connectivity index (χ1v) is 9.09. The maximum atomic E-state index is 14.0. The molecule has 0 unspecified atom stereocenters. The number of rotatable bonds is 7. The van der Waals surface area contributed by atoms with Crippen LogP contribution in [0.15, 0.2) is 54.6 Å². The van der Waals surface area contributed by atoms with Gasteiger partial charge in [-0.05, 0) is 24.3 Å². The summed E-state index contributed by atoms with van der Waals surface area (Å²) >= 11 is 0. The van der Waals surface area contributed by atoms with Gasteiger partial charge in [-0.1, -0.05) is 30.3 Å². The van der Waals surface area contributed by atoms with Gasteiger partial charge in [0.2, 0.25) is 0 Å². The second-order valence-electron chi connectivity index (χ2n) is 5.55. The van der Waals surface area contributed by atoms with Gasteiger partial charge in [-0.25, -0.2) is 0 Å². The van der Waals surface area contributed by atoms with E-state index in [1.807, 2.05) is 0 Å². The molecular formula is C17H12F5NO5S. The SMILES string of the molecule is O=C(COS(=O)(=O)C(F)(F)C(=O)Nc1ccccc1)c1ccc(C(F)(F)F)cc1. The van der Waals surface area contributed by atoms with E-state index < -0.39 is 51.0 Å². The van der Waals surface area contributed by atoms with Gasteiger partial charge in [0.15, 0.2) is 5.78 Å². The number of alkyl halides is 5. The van der Waals surface area contributed by atoms with Crippen molar-refractivity contribution in [3.05, 3.63) is 65.7 Å². The van der Waals surface area contributed by atoms with Crippen LogP contribution in [0, 0.1) is 0 Å². The second kappa shape index (κ2) is 8.25. The minimum absolute atomic E-state index is 0.104. The zero-order valence-corrected chi connectivity index (χ0v) is 15.1. The molecule has 0 aliphatic heterocycles. The van der Waals surface area contributed by atoms with Gasteiger partial charge in [0.25, 0.3) is 0 Å². The summed E-state index contributed by atoms with van der Waals surface area (Å²) in [7, 11) is -5.86. The summed E-state index contributed by atoms with van der Waals surface area (Å²) in [6, 6.07) is 9.39. The summed E-state index contributed by atoms with van der Waals surface area (Å²) in [6.07, 6.45) is -4.66. The summed E-state index contributed by atoms with van der Waals surface area (Å²) in [5.74, 6) is -3.38. The topological polar surface area (TPSA) is 89.5 Å². The summed E-state index contributed by atoms with van der Waals surface area (Å²) in [5, 5.41) is -3.34. The lowest BCUT2D eigenvalue weighted by atomic mass is 10.1. The first kappa shape index (κ1) is 22.4. The fourth-order valence-corrected chi connectivity index (χ4v) is 2.66. The van der Waals surface area contributed by atoms with Gasteiger partial charge in [-0.3, -0.25) is 13.8 Å². The van der Waals surface area contributed by atoms with Gasteiger partial charge < -0.3 is 5.32 Å². The zero-order chi connectivity index (χ0) is 21.9. The van der Waals surface area contributed by atoms with Crippen molar-refractivity contribution < 1.29 is 44.1 Å². The maximum Gasteiger partial charge on any atom is 0.447 e.